The van der Waals surface area contributed by atoms with E-state index in [1.54, 1.807) is 0 Å². The van der Waals surface area contributed by atoms with Crippen molar-refractivity contribution in [3.05, 3.63) is 255 Å². The normalized spacial score (nSPS) is 11.8. The van der Waals surface area contributed by atoms with Crippen LogP contribution in [0.4, 0.5) is 0 Å². The van der Waals surface area contributed by atoms with Gasteiger partial charge >= 0.3 is 0 Å². The highest BCUT2D eigenvalue weighted by Gasteiger charge is 2.26. The van der Waals surface area contributed by atoms with Crippen molar-refractivity contribution >= 4 is 86.2 Å². The molecule has 68 heavy (non-hydrogen) atoms. The fourth-order valence-electron chi connectivity index (χ4n) is 11.7. The van der Waals surface area contributed by atoms with Crippen LogP contribution in [0.1, 0.15) is 0 Å². The molecule has 0 saturated carbocycles. The summed E-state index contributed by atoms with van der Waals surface area (Å²) >= 11 is 0. The first-order valence-electron chi connectivity index (χ1n) is 23.7. The Bertz CT molecular complexity index is 4190. The fraction of sp³-hybridized carbons (Fsp3) is 0. The summed E-state index contributed by atoms with van der Waals surface area (Å²) in [6, 6.07) is 94.9. The van der Waals surface area contributed by atoms with Crippen LogP contribution in [0.15, 0.2) is 255 Å². The molecule has 0 aliphatic rings. The van der Waals surface area contributed by atoms with Gasteiger partial charge < -0.3 is 0 Å². The fourth-order valence-corrected chi connectivity index (χ4v) is 11.7. The van der Waals surface area contributed by atoms with Gasteiger partial charge in [0.25, 0.3) is 0 Å². The highest BCUT2D eigenvalue weighted by atomic mass is 14.3. The van der Waals surface area contributed by atoms with Gasteiger partial charge in [-0.05, 0) is 160 Å². The van der Waals surface area contributed by atoms with Crippen molar-refractivity contribution in [3.8, 4) is 55.6 Å². The predicted octanol–water partition coefficient (Wildman–Crippen LogP) is 19.2. The van der Waals surface area contributed by atoms with E-state index in [1.807, 2.05) is 0 Å². The minimum absolute atomic E-state index is 1.21. The molecule has 0 aliphatic heterocycles. The van der Waals surface area contributed by atoms with E-state index in [2.05, 4.69) is 255 Å². The van der Waals surface area contributed by atoms with E-state index in [-0.39, 0.29) is 0 Å². The largest absolute Gasteiger partial charge is 0.0622 e. The number of fused-ring (bicyclic) bond motifs is 8. The Hall–Kier alpha value is -8.84. The zero-order valence-electron chi connectivity index (χ0n) is 37.2. The monoisotopic (exact) mass is 858 g/mol. The van der Waals surface area contributed by atoms with E-state index in [0.29, 0.717) is 0 Å². The lowest BCUT2D eigenvalue weighted by Crippen LogP contribution is -1.96. The van der Waals surface area contributed by atoms with Crippen molar-refractivity contribution in [1.29, 1.82) is 0 Å². The van der Waals surface area contributed by atoms with E-state index in [4.69, 9.17) is 0 Å². The molecule has 0 N–H and O–H groups in total. The second-order valence-corrected chi connectivity index (χ2v) is 18.2. The third-order valence-corrected chi connectivity index (χ3v) is 14.6. The Labute approximate surface area is 394 Å². The smallest absolute Gasteiger partial charge is 0.00139 e. The second kappa shape index (κ2) is 15.4. The maximum absolute atomic E-state index is 2.42. The van der Waals surface area contributed by atoms with Gasteiger partial charge in [-0.2, -0.15) is 0 Å². The van der Waals surface area contributed by atoms with Crippen LogP contribution < -0.4 is 0 Å². The molecular formula is C68H42. The van der Waals surface area contributed by atoms with Crippen LogP contribution >= 0.6 is 0 Å². The number of hydrogen-bond acceptors (Lipinski definition) is 0. The Balaban J connectivity index is 1.10. The molecule has 14 aromatic rings. The van der Waals surface area contributed by atoms with Gasteiger partial charge in [-0.25, -0.2) is 0 Å². The zero-order chi connectivity index (χ0) is 44.7. The Morgan fingerprint density at radius 1 is 0.147 bits per heavy atom. The van der Waals surface area contributed by atoms with Crippen LogP contribution in [0.3, 0.4) is 0 Å². The van der Waals surface area contributed by atoms with Crippen molar-refractivity contribution in [2.45, 2.75) is 0 Å². The molecule has 0 aliphatic carbocycles. The summed E-state index contributed by atoms with van der Waals surface area (Å²) in [6.07, 6.45) is 0. The lowest BCUT2D eigenvalue weighted by molar-refractivity contribution is 1.63. The summed E-state index contributed by atoms with van der Waals surface area (Å²) < 4.78 is 0. The zero-order valence-corrected chi connectivity index (χ0v) is 37.2. The van der Waals surface area contributed by atoms with Crippen LogP contribution in [0, 0.1) is 0 Å². The maximum atomic E-state index is 2.42. The van der Waals surface area contributed by atoms with Gasteiger partial charge in [-0.1, -0.05) is 237 Å². The number of rotatable bonds is 5. The third-order valence-electron chi connectivity index (χ3n) is 14.6. The van der Waals surface area contributed by atoms with Crippen LogP contribution in [0.5, 0.6) is 0 Å². The molecule has 0 bridgehead atoms. The minimum Gasteiger partial charge on any atom is -0.0622 e. The molecular weight excluding hydrogens is 817 g/mol. The standard InChI is InChI=1S/C68H42/c1-2-21-44(22-3-1)61-41-46-24-6-7-25-47(46)42-62(61)64-51-28-10-14-32-55(51)66(56-33-15-11-29-52(56)64)68-59-36-18-16-34-57(59)67(58-35-17-19-37-60(58)68)65-53-30-12-8-26-49(53)63(50-27-9-13-31-54(50)65)48-39-38-43-20-4-5-23-45(43)40-48/h1-42H. The van der Waals surface area contributed by atoms with Gasteiger partial charge in [0.15, 0.2) is 0 Å². The van der Waals surface area contributed by atoms with E-state index in [9.17, 15) is 0 Å². The highest BCUT2D eigenvalue weighted by Crippen LogP contribution is 2.54. The molecule has 14 rings (SSSR count). The first-order chi connectivity index (χ1) is 33.8. The molecule has 0 heterocycles. The summed E-state index contributed by atoms with van der Waals surface area (Å²) in [6.45, 7) is 0. The number of hydrogen-bond donors (Lipinski definition) is 0. The first kappa shape index (κ1) is 38.4. The molecule has 0 spiro atoms. The van der Waals surface area contributed by atoms with E-state index in [0.717, 1.165) is 0 Å². The van der Waals surface area contributed by atoms with Crippen LogP contribution in [-0.4, -0.2) is 0 Å². The van der Waals surface area contributed by atoms with Gasteiger partial charge in [0, 0.05) is 0 Å². The van der Waals surface area contributed by atoms with Gasteiger partial charge in [0.2, 0.25) is 0 Å². The second-order valence-electron chi connectivity index (χ2n) is 18.2. The quantitative estimate of drug-likeness (QED) is 0.151. The Morgan fingerprint density at radius 3 is 0.809 bits per heavy atom. The molecule has 0 unspecified atom stereocenters. The molecule has 0 amide bonds. The molecule has 0 radical (unpaired) electrons. The van der Waals surface area contributed by atoms with Crippen LogP contribution in [-0.2, 0) is 0 Å². The maximum Gasteiger partial charge on any atom is -0.00139 e. The topological polar surface area (TPSA) is 0 Å². The highest BCUT2D eigenvalue weighted by molar-refractivity contribution is 6.33. The summed E-state index contributed by atoms with van der Waals surface area (Å²) in [7, 11) is 0. The van der Waals surface area contributed by atoms with Crippen molar-refractivity contribution in [1.82, 2.24) is 0 Å². The molecule has 0 nitrogen and oxygen atoms in total. The van der Waals surface area contributed by atoms with Crippen LogP contribution in [0.25, 0.3) is 142 Å². The predicted molar refractivity (Wildman–Crippen MR) is 294 cm³/mol. The molecule has 0 aromatic heterocycles. The third kappa shape index (κ3) is 5.81. The molecule has 314 valence electrons. The molecule has 0 saturated heterocycles. The summed E-state index contributed by atoms with van der Waals surface area (Å²) in [4.78, 5) is 0. The number of benzene rings is 14. The van der Waals surface area contributed by atoms with E-state index in [1.165, 1.54) is 142 Å². The SMILES string of the molecule is c1ccc(-c2cc3ccccc3cc2-c2c3ccccc3c(-c3c4ccccc4c(-c4c5ccccc5c(-c5ccc6ccccc6c5)c5ccccc45)c4ccccc34)c3ccccc23)cc1. The van der Waals surface area contributed by atoms with E-state index < -0.39 is 0 Å². The minimum atomic E-state index is 1.21. The van der Waals surface area contributed by atoms with Gasteiger partial charge in [0.1, 0.15) is 0 Å². The first-order valence-corrected chi connectivity index (χ1v) is 23.7. The summed E-state index contributed by atoms with van der Waals surface area (Å²) in [5.74, 6) is 0. The Morgan fingerprint density at radius 2 is 0.426 bits per heavy atom. The van der Waals surface area contributed by atoms with Crippen molar-refractivity contribution in [2.75, 3.05) is 0 Å². The van der Waals surface area contributed by atoms with Crippen molar-refractivity contribution in [3.63, 3.8) is 0 Å². The van der Waals surface area contributed by atoms with Crippen LogP contribution in [0.2, 0.25) is 0 Å². The lowest BCUT2D eigenvalue weighted by Gasteiger charge is -2.24. The molecule has 14 aromatic carbocycles. The molecule has 0 heteroatoms. The van der Waals surface area contributed by atoms with E-state index >= 15 is 0 Å². The lowest BCUT2D eigenvalue weighted by atomic mass is 9.78. The summed E-state index contributed by atoms with van der Waals surface area (Å²) in [5.41, 5.74) is 12.5. The Kier molecular flexibility index (Phi) is 8.69. The molecule has 0 atom stereocenters. The van der Waals surface area contributed by atoms with Crippen molar-refractivity contribution in [2.24, 2.45) is 0 Å². The van der Waals surface area contributed by atoms with Gasteiger partial charge in [-0.15, -0.1) is 0 Å². The summed E-state index contributed by atoms with van der Waals surface area (Å²) in [5, 5.41) is 19.9. The average Bonchev–Trinajstić information content (AvgIpc) is 3.41. The molecule has 0 fully saturated rings. The van der Waals surface area contributed by atoms with Gasteiger partial charge in [-0.3, -0.25) is 0 Å². The average molecular weight is 859 g/mol. The van der Waals surface area contributed by atoms with Crippen molar-refractivity contribution < 1.29 is 0 Å². The van der Waals surface area contributed by atoms with Gasteiger partial charge in [0.05, 0.1) is 0 Å².